The Labute approximate surface area is 99.8 Å². The van der Waals surface area contributed by atoms with Crippen molar-refractivity contribution < 1.29 is 9.47 Å². The number of pyridine rings is 1. The summed E-state index contributed by atoms with van der Waals surface area (Å²) in [4.78, 5) is 4.47. The molecule has 1 fully saturated rings. The molecule has 1 unspecified atom stereocenters. The van der Waals surface area contributed by atoms with E-state index in [1.54, 1.807) is 12.1 Å². The topological polar surface area (TPSA) is 57.4 Å². The van der Waals surface area contributed by atoms with E-state index in [0.29, 0.717) is 18.2 Å². The van der Waals surface area contributed by atoms with Crippen LogP contribution in [0.4, 0.5) is 0 Å². The van der Waals surface area contributed by atoms with Crippen molar-refractivity contribution in [1.82, 2.24) is 4.98 Å². The Kier molecular flexibility index (Phi) is 3.69. The second kappa shape index (κ2) is 5.23. The van der Waals surface area contributed by atoms with Gasteiger partial charge in [-0.05, 0) is 18.9 Å². The van der Waals surface area contributed by atoms with Crippen molar-refractivity contribution >= 4 is 17.2 Å². The van der Waals surface area contributed by atoms with E-state index < -0.39 is 0 Å². The average molecular weight is 238 g/mol. The number of ether oxygens (including phenoxy) is 2. The highest BCUT2D eigenvalue weighted by Crippen LogP contribution is 2.14. The molecular formula is C11H14N2O2S. The van der Waals surface area contributed by atoms with Crippen molar-refractivity contribution in [3.05, 3.63) is 23.9 Å². The van der Waals surface area contributed by atoms with E-state index in [1.165, 1.54) is 0 Å². The lowest BCUT2D eigenvalue weighted by Gasteiger charge is -2.10. The van der Waals surface area contributed by atoms with Crippen LogP contribution in [0.25, 0.3) is 0 Å². The fourth-order valence-electron chi connectivity index (χ4n) is 1.59. The largest absolute Gasteiger partial charge is 0.475 e. The van der Waals surface area contributed by atoms with Gasteiger partial charge in [0.2, 0.25) is 5.88 Å². The Morgan fingerprint density at radius 2 is 2.50 bits per heavy atom. The normalized spacial score (nSPS) is 19.6. The molecule has 16 heavy (non-hydrogen) atoms. The minimum atomic E-state index is 0.190. The number of hydrogen-bond acceptors (Lipinski definition) is 4. The fourth-order valence-corrected chi connectivity index (χ4v) is 1.70. The predicted octanol–water partition coefficient (Wildman–Crippen LogP) is 1.27. The monoisotopic (exact) mass is 238 g/mol. The van der Waals surface area contributed by atoms with E-state index in [0.717, 1.165) is 19.4 Å². The van der Waals surface area contributed by atoms with Crippen molar-refractivity contribution in [1.29, 1.82) is 0 Å². The zero-order chi connectivity index (χ0) is 11.4. The van der Waals surface area contributed by atoms with Crippen LogP contribution < -0.4 is 10.5 Å². The molecule has 2 rings (SSSR count). The van der Waals surface area contributed by atoms with Crippen LogP contribution in [0, 0.1) is 0 Å². The standard InChI is InChI=1S/C11H14N2O2S/c12-11(16)9-4-1-5-10(13-9)15-7-8-3-2-6-14-8/h1,4-5,8H,2-3,6-7H2,(H2,12,16). The first kappa shape index (κ1) is 11.3. The van der Waals surface area contributed by atoms with Crippen LogP contribution in [0.5, 0.6) is 5.88 Å². The molecule has 1 aromatic heterocycles. The molecule has 0 aromatic carbocycles. The molecule has 1 saturated heterocycles. The van der Waals surface area contributed by atoms with Crippen LogP contribution in [0.2, 0.25) is 0 Å². The first-order valence-corrected chi connectivity index (χ1v) is 5.68. The molecule has 1 aromatic rings. The van der Waals surface area contributed by atoms with Gasteiger partial charge in [-0.1, -0.05) is 18.3 Å². The molecule has 5 heteroatoms. The number of rotatable bonds is 4. The van der Waals surface area contributed by atoms with Crippen molar-refractivity contribution in [3.63, 3.8) is 0 Å². The number of nitrogens with two attached hydrogens (primary N) is 1. The molecule has 0 amide bonds. The van der Waals surface area contributed by atoms with Gasteiger partial charge in [0, 0.05) is 12.7 Å². The second-order valence-corrected chi connectivity index (χ2v) is 4.11. The summed E-state index contributed by atoms with van der Waals surface area (Å²) < 4.78 is 11.0. The Hall–Kier alpha value is -1.20. The molecule has 1 atom stereocenters. The summed E-state index contributed by atoms with van der Waals surface area (Å²) in [5.41, 5.74) is 6.07. The molecule has 0 saturated carbocycles. The smallest absolute Gasteiger partial charge is 0.213 e. The van der Waals surface area contributed by atoms with E-state index >= 15 is 0 Å². The number of nitrogens with zero attached hydrogens (tertiary/aromatic N) is 1. The molecule has 0 aliphatic carbocycles. The van der Waals surface area contributed by atoms with Gasteiger partial charge in [0.15, 0.2) is 0 Å². The van der Waals surface area contributed by atoms with Crippen LogP contribution in [-0.4, -0.2) is 29.3 Å². The zero-order valence-corrected chi connectivity index (χ0v) is 9.70. The van der Waals surface area contributed by atoms with Crippen LogP contribution in [-0.2, 0) is 4.74 Å². The molecule has 0 radical (unpaired) electrons. The van der Waals surface area contributed by atoms with Gasteiger partial charge in [-0.3, -0.25) is 0 Å². The summed E-state index contributed by atoms with van der Waals surface area (Å²) in [5, 5.41) is 0. The molecule has 2 heterocycles. The van der Waals surface area contributed by atoms with Gasteiger partial charge in [-0.25, -0.2) is 4.98 Å². The molecule has 1 aliphatic rings. The van der Waals surface area contributed by atoms with Gasteiger partial charge < -0.3 is 15.2 Å². The summed E-state index contributed by atoms with van der Waals surface area (Å²) in [6.45, 7) is 1.36. The maximum absolute atomic E-state index is 5.53. The SMILES string of the molecule is NC(=S)c1cccc(OCC2CCCO2)n1. The quantitative estimate of drug-likeness (QED) is 0.801. The molecule has 4 nitrogen and oxygen atoms in total. The van der Waals surface area contributed by atoms with Gasteiger partial charge in [0.05, 0.1) is 6.10 Å². The number of hydrogen-bond donors (Lipinski definition) is 1. The van der Waals surface area contributed by atoms with Gasteiger partial charge in [-0.2, -0.15) is 0 Å². The lowest BCUT2D eigenvalue weighted by molar-refractivity contribution is 0.0663. The van der Waals surface area contributed by atoms with Crippen LogP contribution in [0.1, 0.15) is 18.5 Å². The summed E-state index contributed by atoms with van der Waals surface area (Å²) in [6, 6.07) is 5.38. The van der Waals surface area contributed by atoms with Gasteiger partial charge >= 0.3 is 0 Å². The predicted molar refractivity (Wildman–Crippen MR) is 64.6 cm³/mol. The molecule has 1 aliphatic heterocycles. The molecule has 0 spiro atoms. The molecule has 86 valence electrons. The Balaban J connectivity index is 1.93. The first-order chi connectivity index (χ1) is 7.75. The molecule has 2 N–H and O–H groups in total. The third-order valence-corrected chi connectivity index (χ3v) is 2.63. The number of thiocarbonyl (C=S) groups is 1. The lowest BCUT2D eigenvalue weighted by atomic mass is 10.2. The van der Waals surface area contributed by atoms with Crippen LogP contribution in [0.3, 0.4) is 0 Å². The zero-order valence-electron chi connectivity index (χ0n) is 8.89. The Bertz CT molecular complexity index is 378. The van der Waals surface area contributed by atoms with Crippen molar-refractivity contribution in [3.8, 4) is 5.88 Å². The van der Waals surface area contributed by atoms with Gasteiger partial charge in [0.25, 0.3) is 0 Å². The lowest BCUT2D eigenvalue weighted by Crippen LogP contribution is -2.17. The first-order valence-electron chi connectivity index (χ1n) is 5.27. The minimum absolute atomic E-state index is 0.190. The highest BCUT2D eigenvalue weighted by atomic mass is 32.1. The van der Waals surface area contributed by atoms with E-state index in [9.17, 15) is 0 Å². The average Bonchev–Trinajstić information content (AvgIpc) is 2.79. The Morgan fingerprint density at radius 3 is 3.19 bits per heavy atom. The maximum Gasteiger partial charge on any atom is 0.213 e. The summed E-state index contributed by atoms with van der Waals surface area (Å²) >= 11 is 4.85. The highest BCUT2D eigenvalue weighted by Gasteiger charge is 2.16. The fraction of sp³-hybridized carbons (Fsp3) is 0.455. The van der Waals surface area contributed by atoms with Crippen molar-refractivity contribution in [2.24, 2.45) is 5.73 Å². The van der Waals surface area contributed by atoms with Crippen molar-refractivity contribution in [2.75, 3.05) is 13.2 Å². The molecule has 0 bridgehead atoms. The van der Waals surface area contributed by atoms with E-state index in [-0.39, 0.29) is 11.1 Å². The molecular weight excluding hydrogens is 224 g/mol. The van der Waals surface area contributed by atoms with E-state index in [4.69, 9.17) is 27.4 Å². The van der Waals surface area contributed by atoms with Crippen LogP contribution >= 0.6 is 12.2 Å². The van der Waals surface area contributed by atoms with Crippen molar-refractivity contribution in [2.45, 2.75) is 18.9 Å². The van der Waals surface area contributed by atoms with Crippen LogP contribution in [0.15, 0.2) is 18.2 Å². The van der Waals surface area contributed by atoms with E-state index in [1.807, 2.05) is 6.07 Å². The van der Waals surface area contributed by atoms with Gasteiger partial charge in [-0.15, -0.1) is 0 Å². The maximum atomic E-state index is 5.53. The third kappa shape index (κ3) is 2.90. The summed E-state index contributed by atoms with van der Waals surface area (Å²) in [5.74, 6) is 0.542. The van der Waals surface area contributed by atoms with Gasteiger partial charge in [0.1, 0.15) is 17.3 Å². The summed E-state index contributed by atoms with van der Waals surface area (Å²) in [7, 11) is 0. The summed E-state index contributed by atoms with van der Waals surface area (Å²) in [6.07, 6.45) is 2.35. The number of aromatic nitrogens is 1. The van der Waals surface area contributed by atoms with E-state index in [2.05, 4.69) is 4.98 Å². The minimum Gasteiger partial charge on any atom is -0.475 e. The highest BCUT2D eigenvalue weighted by molar-refractivity contribution is 7.80. The Morgan fingerprint density at radius 1 is 1.62 bits per heavy atom. The third-order valence-electron chi connectivity index (χ3n) is 2.42. The second-order valence-electron chi connectivity index (χ2n) is 3.67.